The van der Waals surface area contributed by atoms with Crippen molar-refractivity contribution in [1.82, 2.24) is 10.0 Å². The minimum Gasteiger partial charge on any atom is -0.351 e. The Kier molecular flexibility index (Phi) is 4.90. The standard InChI is InChI=1S/C19H25BrN2O3S/c20-16-1-3-17(4-2-16)26(24,25)21-6-5-18(23)22-19-10-13-7-14(11-19)9-15(8-13)12-19/h1-4,13-15,21H,5-12H2,(H,22,23). The number of carbonyl (C=O) groups is 1. The quantitative estimate of drug-likeness (QED) is 0.712. The molecule has 1 amide bonds. The van der Waals surface area contributed by atoms with Crippen LogP contribution in [0.25, 0.3) is 0 Å². The van der Waals surface area contributed by atoms with Gasteiger partial charge in [0.05, 0.1) is 4.90 Å². The molecular weight excluding hydrogens is 416 g/mol. The molecule has 0 spiro atoms. The van der Waals surface area contributed by atoms with Crippen LogP contribution in [-0.2, 0) is 14.8 Å². The number of hydrogen-bond donors (Lipinski definition) is 2. The average molecular weight is 441 g/mol. The number of halogens is 1. The molecule has 0 unspecified atom stereocenters. The first-order valence-corrected chi connectivity index (χ1v) is 11.7. The van der Waals surface area contributed by atoms with Gasteiger partial charge in [-0.05, 0) is 80.5 Å². The molecule has 0 radical (unpaired) electrons. The highest BCUT2D eigenvalue weighted by Crippen LogP contribution is 2.55. The Hall–Kier alpha value is -0.920. The van der Waals surface area contributed by atoms with Gasteiger partial charge in [-0.3, -0.25) is 4.79 Å². The maximum absolute atomic E-state index is 12.4. The molecule has 5 rings (SSSR count). The minimum absolute atomic E-state index is 0.0174. The van der Waals surface area contributed by atoms with Gasteiger partial charge in [0, 0.05) is 23.0 Å². The van der Waals surface area contributed by atoms with Gasteiger partial charge in [0.1, 0.15) is 0 Å². The fourth-order valence-corrected chi connectivity index (χ4v) is 6.91. The van der Waals surface area contributed by atoms with Crippen LogP contribution < -0.4 is 10.0 Å². The Morgan fingerprint density at radius 2 is 1.58 bits per heavy atom. The molecule has 26 heavy (non-hydrogen) atoms. The number of amides is 1. The van der Waals surface area contributed by atoms with E-state index in [1.54, 1.807) is 24.3 Å². The van der Waals surface area contributed by atoms with Gasteiger partial charge < -0.3 is 5.32 Å². The van der Waals surface area contributed by atoms with E-state index in [0.29, 0.717) is 0 Å². The first-order chi connectivity index (χ1) is 12.3. The van der Waals surface area contributed by atoms with E-state index in [2.05, 4.69) is 26.0 Å². The summed E-state index contributed by atoms with van der Waals surface area (Å²) in [6.45, 7) is 0.122. The maximum Gasteiger partial charge on any atom is 0.240 e. The Bertz CT molecular complexity index is 756. The van der Waals surface area contributed by atoms with Crippen molar-refractivity contribution in [3.05, 3.63) is 28.7 Å². The van der Waals surface area contributed by atoms with Crippen LogP contribution in [0, 0.1) is 17.8 Å². The SMILES string of the molecule is O=C(CCNS(=O)(=O)c1ccc(Br)cc1)NC12CC3CC(CC(C3)C1)C2. The fraction of sp³-hybridized carbons (Fsp3) is 0.632. The molecule has 1 aromatic rings. The molecule has 142 valence electrons. The molecule has 5 nitrogen and oxygen atoms in total. The molecule has 0 saturated heterocycles. The predicted octanol–water partition coefficient (Wildman–Crippen LogP) is 3.20. The summed E-state index contributed by atoms with van der Waals surface area (Å²) in [5.74, 6) is 2.29. The lowest BCUT2D eigenvalue weighted by atomic mass is 9.53. The molecule has 4 bridgehead atoms. The summed E-state index contributed by atoms with van der Waals surface area (Å²) in [7, 11) is -3.58. The summed E-state index contributed by atoms with van der Waals surface area (Å²) >= 11 is 3.29. The molecule has 0 aliphatic heterocycles. The number of benzene rings is 1. The van der Waals surface area contributed by atoms with E-state index < -0.39 is 10.0 Å². The van der Waals surface area contributed by atoms with Gasteiger partial charge in [0.25, 0.3) is 0 Å². The fourth-order valence-electron chi connectivity index (χ4n) is 5.62. The molecular formula is C19H25BrN2O3S. The number of hydrogen-bond acceptors (Lipinski definition) is 3. The Morgan fingerprint density at radius 3 is 2.12 bits per heavy atom. The van der Waals surface area contributed by atoms with Gasteiger partial charge in [-0.15, -0.1) is 0 Å². The van der Waals surface area contributed by atoms with Gasteiger partial charge in [-0.1, -0.05) is 15.9 Å². The van der Waals surface area contributed by atoms with Crippen LogP contribution in [0.15, 0.2) is 33.6 Å². The highest BCUT2D eigenvalue weighted by molar-refractivity contribution is 9.10. The predicted molar refractivity (Wildman–Crippen MR) is 103 cm³/mol. The number of nitrogens with one attached hydrogen (secondary N) is 2. The third-order valence-corrected chi connectivity index (χ3v) is 8.22. The van der Waals surface area contributed by atoms with Crippen LogP contribution in [0.2, 0.25) is 0 Å². The van der Waals surface area contributed by atoms with Gasteiger partial charge >= 0.3 is 0 Å². The first-order valence-electron chi connectivity index (χ1n) is 9.40. The zero-order valence-corrected chi connectivity index (χ0v) is 17.1. The molecule has 4 saturated carbocycles. The van der Waals surface area contributed by atoms with E-state index in [4.69, 9.17) is 0 Å². The van der Waals surface area contributed by atoms with Crippen molar-refractivity contribution < 1.29 is 13.2 Å². The monoisotopic (exact) mass is 440 g/mol. The van der Waals surface area contributed by atoms with Crippen LogP contribution in [0.3, 0.4) is 0 Å². The van der Waals surface area contributed by atoms with Crippen molar-refractivity contribution in [2.75, 3.05) is 6.54 Å². The van der Waals surface area contributed by atoms with Crippen molar-refractivity contribution in [2.24, 2.45) is 17.8 Å². The topological polar surface area (TPSA) is 75.3 Å². The van der Waals surface area contributed by atoms with Crippen LogP contribution in [0.4, 0.5) is 0 Å². The summed E-state index contributed by atoms with van der Waals surface area (Å²) in [6.07, 6.45) is 7.50. The van der Waals surface area contributed by atoms with Crippen molar-refractivity contribution >= 4 is 31.9 Å². The lowest BCUT2D eigenvalue weighted by Crippen LogP contribution is -2.60. The third-order valence-electron chi connectivity index (χ3n) is 6.21. The Morgan fingerprint density at radius 1 is 1.04 bits per heavy atom. The summed E-state index contributed by atoms with van der Waals surface area (Å²) in [5, 5.41) is 3.28. The molecule has 4 fully saturated rings. The third kappa shape index (κ3) is 3.85. The molecule has 4 aliphatic carbocycles. The largest absolute Gasteiger partial charge is 0.351 e. The van der Waals surface area contributed by atoms with E-state index >= 15 is 0 Å². The zero-order valence-electron chi connectivity index (χ0n) is 14.7. The van der Waals surface area contributed by atoms with Crippen molar-refractivity contribution in [3.8, 4) is 0 Å². The van der Waals surface area contributed by atoms with E-state index in [0.717, 1.165) is 41.5 Å². The van der Waals surface area contributed by atoms with E-state index in [1.807, 2.05) is 0 Å². The van der Waals surface area contributed by atoms with Crippen LogP contribution >= 0.6 is 15.9 Å². The van der Waals surface area contributed by atoms with Crippen LogP contribution in [0.5, 0.6) is 0 Å². The highest BCUT2D eigenvalue weighted by atomic mass is 79.9. The van der Waals surface area contributed by atoms with Gasteiger partial charge in [-0.25, -0.2) is 13.1 Å². The van der Waals surface area contributed by atoms with Crippen molar-refractivity contribution in [3.63, 3.8) is 0 Å². The molecule has 2 N–H and O–H groups in total. The molecule has 0 heterocycles. The number of carbonyl (C=O) groups excluding carboxylic acids is 1. The van der Waals surface area contributed by atoms with Gasteiger partial charge in [0.2, 0.25) is 15.9 Å². The lowest BCUT2D eigenvalue weighted by Gasteiger charge is -2.56. The van der Waals surface area contributed by atoms with Gasteiger partial charge in [0.15, 0.2) is 0 Å². The number of rotatable bonds is 6. The summed E-state index contributed by atoms with van der Waals surface area (Å²) in [5.41, 5.74) is -0.0174. The molecule has 7 heteroatoms. The van der Waals surface area contributed by atoms with E-state index in [1.165, 1.54) is 19.3 Å². The maximum atomic E-state index is 12.4. The minimum atomic E-state index is -3.58. The second-order valence-electron chi connectivity index (χ2n) is 8.35. The Balaban J connectivity index is 1.30. The molecule has 0 atom stereocenters. The zero-order chi connectivity index (χ0) is 18.4. The summed E-state index contributed by atoms with van der Waals surface area (Å²) in [4.78, 5) is 12.7. The van der Waals surface area contributed by atoms with Crippen LogP contribution in [0.1, 0.15) is 44.9 Å². The van der Waals surface area contributed by atoms with Crippen molar-refractivity contribution in [1.29, 1.82) is 0 Å². The summed E-state index contributed by atoms with van der Waals surface area (Å²) in [6, 6.07) is 6.46. The lowest BCUT2D eigenvalue weighted by molar-refractivity contribution is -0.126. The summed E-state index contributed by atoms with van der Waals surface area (Å²) < 4.78 is 27.9. The normalized spacial score (nSPS) is 32.6. The highest BCUT2D eigenvalue weighted by Gasteiger charge is 2.51. The molecule has 0 aromatic heterocycles. The van der Waals surface area contributed by atoms with Crippen LogP contribution in [-0.4, -0.2) is 26.4 Å². The van der Waals surface area contributed by atoms with Crippen molar-refractivity contribution in [2.45, 2.75) is 55.4 Å². The second-order valence-corrected chi connectivity index (χ2v) is 11.0. The first kappa shape index (κ1) is 18.4. The number of sulfonamides is 1. The van der Waals surface area contributed by atoms with E-state index in [-0.39, 0.29) is 29.3 Å². The Labute approximate surface area is 163 Å². The molecule has 1 aromatic carbocycles. The smallest absolute Gasteiger partial charge is 0.240 e. The van der Waals surface area contributed by atoms with Gasteiger partial charge in [-0.2, -0.15) is 0 Å². The average Bonchev–Trinajstić information content (AvgIpc) is 2.53. The molecule has 4 aliphatic rings. The second kappa shape index (κ2) is 6.91. The van der Waals surface area contributed by atoms with E-state index in [9.17, 15) is 13.2 Å².